The molecule has 0 saturated heterocycles. The van der Waals surface area contributed by atoms with Crippen LogP contribution >= 0.6 is 0 Å². The van der Waals surface area contributed by atoms with Crippen molar-refractivity contribution >= 4 is 17.6 Å². The van der Waals surface area contributed by atoms with Crippen molar-refractivity contribution in [3.05, 3.63) is 53.6 Å². The zero-order chi connectivity index (χ0) is 20.0. The van der Waals surface area contributed by atoms with E-state index in [9.17, 15) is 22.8 Å². The van der Waals surface area contributed by atoms with Crippen LogP contribution in [0.4, 0.5) is 18.9 Å². The molecule has 2 aromatic carbocycles. The van der Waals surface area contributed by atoms with Crippen LogP contribution in [0.15, 0.2) is 42.5 Å². The van der Waals surface area contributed by atoms with Crippen LogP contribution < -0.4 is 14.8 Å². The van der Waals surface area contributed by atoms with Crippen molar-refractivity contribution in [3.63, 3.8) is 0 Å². The Bertz CT molecular complexity index is 814. The van der Waals surface area contributed by atoms with Crippen LogP contribution in [0.2, 0.25) is 0 Å². The highest BCUT2D eigenvalue weighted by Crippen LogP contribution is 2.32. The van der Waals surface area contributed by atoms with Gasteiger partial charge in [0.05, 0.1) is 25.3 Å². The standard InChI is InChI=1S/C18H16F3NO5/c1-25-12-7-11(8-13(9-12)26-2)22-16(23)10-27-17(24)14-5-3-4-6-15(14)18(19,20)21/h3-9H,10H2,1-2H3,(H,22,23). The topological polar surface area (TPSA) is 73.9 Å². The Kier molecular flexibility index (Phi) is 6.27. The predicted octanol–water partition coefficient (Wildman–Crippen LogP) is 3.52. The van der Waals surface area contributed by atoms with Crippen molar-refractivity contribution in [2.75, 3.05) is 26.1 Å². The van der Waals surface area contributed by atoms with Gasteiger partial charge in [-0.3, -0.25) is 4.79 Å². The van der Waals surface area contributed by atoms with Gasteiger partial charge < -0.3 is 19.5 Å². The summed E-state index contributed by atoms with van der Waals surface area (Å²) in [5, 5.41) is 2.44. The van der Waals surface area contributed by atoms with Crippen LogP contribution in [0.25, 0.3) is 0 Å². The second-order valence-corrected chi connectivity index (χ2v) is 5.27. The molecule has 0 radical (unpaired) electrons. The molecule has 0 bridgehead atoms. The number of methoxy groups -OCH3 is 2. The molecule has 0 aliphatic heterocycles. The molecule has 144 valence electrons. The molecule has 0 spiro atoms. The number of esters is 1. The quantitative estimate of drug-likeness (QED) is 0.773. The highest BCUT2D eigenvalue weighted by molar-refractivity contribution is 5.96. The molecule has 0 saturated carbocycles. The average molecular weight is 383 g/mol. The minimum absolute atomic E-state index is 0.308. The predicted molar refractivity (Wildman–Crippen MR) is 89.9 cm³/mol. The fraction of sp³-hybridized carbons (Fsp3) is 0.222. The first-order chi connectivity index (χ1) is 12.7. The lowest BCUT2D eigenvalue weighted by Gasteiger charge is -2.12. The van der Waals surface area contributed by atoms with Crippen molar-refractivity contribution in [3.8, 4) is 11.5 Å². The maximum absolute atomic E-state index is 12.9. The average Bonchev–Trinajstić information content (AvgIpc) is 2.65. The number of carbonyl (C=O) groups is 2. The van der Waals surface area contributed by atoms with Crippen molar-refractivity contribution < 1.29 is 37.0 Å². The minimum Gasteiger partial charge on any atom is -0.497 e. The number of benzene rings is 2. The van der Waals surface area contributed by atoms with Gasteiger partial charge in [0.25, 0.3) is 5.91 Å². The van der Waals surface area contributed by atoms with E-state index >= 15 is 0 Å². The lowest BCUT2D eigenvalue weighted by Crippen LogP contribution is -2.22. The molecule has 1 N–H and O–H groups in total. The Labute approximate surface area is 152 Å². The first-order valence-electron chi connectivity index (χ1n) is 7.61. The van der Waals surface area contributed by atoms with Gasteiger partial charge in [-0.15, -0.1) is 0 Å². The van der Waals surface area contributed by atoms with E-state index in [1.165, 1.54) is 32.4 Å². The molecule has 0 aromatic heterocycles. The Morgan fingerprint density at radius 1 is 1.00 bits per heavy atom. The molecule has 0 aliphatic carbocycles. The van der Waals surface area contributed by atoms with E-state index in [0.717, 1.165) is 18.2 Å². The lowest BCUT2D eigenvalue weighted by molar-refractivity contribution is -0.138. The molecule has 1 amide bonds. The number of rotatable bonds is 6. The molecule has 0 unspecified atom stereocenters. The first-order valence-corrected chi connectivity index (χ1v) is 7.61. The van der Waals surface area contributed by atoms with Gasteiger partial charge in [0.2, 0.25) is 0 Å². The second kappa shape index (κ2) is 8.43. The molecule has 2 aromatic rings. The molecule has 0 atom stereocenters. The lowest BCUT2D eigenvalue weighted by atomic mass is 10.1. The molecular formula is C18H16F3NO5. The van der Waals surface area contributed by atoms with Crippen LogP contribution in [0.3, 0.4) is 0 Å². The number of hydrogen-bond acceptors (Lipinski definition) is 5. The van der Waals surface area contributed by atoms with E-state index in [-0.39, 0.29) is 0 Å². The van der Waals surface area contributed by atoms with Gasteiger partial charge in [-0.25, -0.2) is 4.79 Å². The number of amides is 1. The maximum atomic E-state index is 12.9. The van der Waals surface area contributed by atoms with E-state index in [4.69, 9.17) is 14.2 Å². The Morgan fingerprint density at radius 2 is 1.59 bits per heavy atom. The molecular weight excluding hydrogens is 367 g/mol. The Morgan fingerprint density at radius 3 is 2.15 bits per heavy atom. The summed E-state index contributed by atoms with van der Waals surface area (Å²) < 4.78 is 53.6. The van der Waals surface area contributed by atoms with Crippen LogP contribution in [0.5, 0.6) is 11.5 Å². The van der Waals surface area contributed by atoms with Gasteiger partial charge in [0.15, 0.2) is 6.61 Å². The molecule has 9 heteroatoms. The summed E-state index contributed by atoms with van der Waals surface area (Å²) in [6, 6.07) is 8.76. The van der Waals surface area contributed by atoms with Gasteiger partial charge in [-0.05, 0) is 12.1 Å². The highest BCUT2D eigenvalue weighted by atomic mass is 19.4. The summed E-state index contributed by atoms with van der Waals surface area (Å²) in [5.41, 5.74) is -1.49. The van der Waals surface area contributed by atoms with Crippen LogP contribution in [-0.4, -0.2) is 32.7 Å². The van der Waals surface area contributed by atoms with Crippen molar-refractivity contribution in [1.82, 2.24) is 0 Å². The zero-order valence-electron chi connectivity index (χ0n) is 14.4. The largest absolute Gasteiger partial charge is 0.497 e. The normalized spacial score (nSPS) is 10.9. The monoisotopic (exact) mass is 383 g/mol. The number of hydrogen-bond donors (Lipinski definition) is 1. The van der Waals surface area contributed by atoms with E-state index in [0.29, 0.717) is 17.2 Å². The number of nitrogens with one attached hydrogen (secondary N) is 1. The SMILES string of the molecule is COc1cc(NC(=O)COC(=O)c2ccccc2C(F)(F)F)cc(OC)c1. The maximum Gasteiger partial charge on any atom is 0.417 e. The third-order valence-electron chi connectivity index (χ3n) is 3.42. The van der Waals surface area contributed by atoms with Gasteiger partial charge in [0, 0.05) is 23.9 Å². The van der Waals surface area contributed by atoms with Crippen LogP contribution in [0.1, 0.15) is 15.9 Å². The summed E-state index contributed by atoms with van der Waals surface area (Å²) in [6.45, 7) is -0.759. The van der Waals surface area contributed by atoms with Crippen molar-refractivity contribution in [1.29, 1.82) is 0 Å². The zero-order valence-corrected chi connectivity index (χ0v) is 14.4. The van der Waals surface area contributed by atoms with Crippen LogP contribution in [-0.2, 0) is 15.7 Å². The number of halogens is 3. The summed E-state index contributed by atoms with van der Waals surface area (Å²) in [4.78, 5) is 23.9. The number of ether oxygens (including phenoxy) is 3. The van der Waals surface area contributed by atoms with Gasteiger partial charge >= 0.3 is 12.1 Å². The third-order valence-corrected chi connectivity index (χ3v) is 3.42. The third kappa shape index (κ3) is 5.37. The summed E-state index contributed by atoms with van der Waals surface area (Å²) in [6.07, 6.45) is -4.71. The number of anilines is 1. The molecule has 2 rings (SSSR count). The Balaban J connectivity index is 2.03. The summed E-state index contributed by atoms with van der Waals surface area (Å²) >= 11 is 0. The molecule has 27 heavy (non-hydrogen) atoms. The fourth-order valence-corrected chi connectivity index (χ4v) is 2.19. The van der Waals surface area contributed by atoms with Gasteiger partial charge in [0.1, 0.15) is 11.5 Å². The van der Waals surface area contributed by atoms with Gasteiger partial charge in [-0.1, -0.05) is 12.1 Å². The van der Waals surface area contributed by atoms with Crippen molar-refractivity contribution in [2.24, 2.45) is 0 Å². The fourth-order valence-electron chi connectivity index (χ4n) is 2.19. The Hall–Kier alpha value is -3.23. The molecule has 0 fully saturated rings. The van der Waals surface area contributed by atoms with E-state index in [1.54, 1.807) is 6.07 Å². The van der Waals surface area contributed by atoms with Crippen molar-refractivity contribution in [2.45, 2.75) is 6.18 Å². The summed E-state index contributed by atoms with van der Waals surface area (Å²) in [5.74, 6) is -1.15. The smallest absolute Gasteiger partial charge is 0.417 e. The van der Waals surface area contributed by atoms with Crippen LogP contribution in [0, 0.1) is 0 Å². The number of alkyl halides is 3. The van der Waals surface area contributed by atoms with E-state index < -0.39 is 35.8 Å². The molecule has 6 nitrogen and oxygen atoms in total. The molecule has 0 heterocycles. The van der Waals surface area contributed by atoms with Gasteiger partial charge in [-0.2, -0.15) is 13.2 Å². The molecule has 0 aliphatic rings. The highest BCUT2D eigenvalue weighted by Gasteiger charge is 2.35. The minimum atomic E-state index is -4.71. The first kappa shape index (κ1) is 20.1. The number of carbonyl (C=O) groups excluding carboxylic acids is 2. The van der Waals surface area contributed by atoms with E-state index in [2.05, 4.69) is 5.32 Å². The second-order valence-electron chi connectivity index (χ2n) is 5.27. The summed E-state index contributed by atoms with van der Waals surface area (Å²) in [7, 11) is 2.86. The van der Waals surface area contributed by atoms with E-state index in [1.807, 2.05) is 0 Å².